The van der Waals surface area contributed by atoms with Crippen LogP contribution in [0, 0.1) is 13.8 Å². The minimum absolute atomic E-state index is 0.0373. The summed E-state index contributed by atoms with van der Waals surface area (Å²) in [5.41, 5.74) is 5.30. The van der Waals surface area contributed by atoms with Crippen LogP contribution in [0.2, 0.25) is 10.0 Å². The van der Waals surface area contributed by atoms with Gasteiger partial charge in [0.25, 0.3) is 0 Å². The van der Waals surface area contributed by atoms with Gasteiger partial charge >= 0.3 is 0 Å². The molecular weight excluding hydrogens is 423 g/mol. The molecule has 5 rings (SSSR count). The third-order valence-electron chi connectivity index (χ3n) is 5.53. The van der Waals surface area contributed by atoms with Crippen molar-refractivity contribution in [2.45, 2.75) is 32.7 Å². The van der Waals surface area contributed by atoms with Gasteiger partial charge in [0.05, 0.1) is 32.8 Å². The predicted molar refractivity (Wildman–Crippen MR) is 117 cm³/mol. The number of benzene rings is 2. The monoisotopic (exact) mass is 440 g/mol. The van der Waals surface area contributed by atoms with Crippen molar-refractivity contribution in [3.63, 3.8) is 0 Å². The number of nitrogens with one attached hydrogen (secondary N) is 1. The van der Waals surface area contributed by atoms with Crippen LogP contribution in [0.15, 0.2) is 40.9 Å². The van der Waals surface area contributed by atoms with Crippen molar-refractivity contribution in [1.29, 1.82) is 0 Å². The van der Waals surface area contributed by atoms with Gasteiger partial charge in [0.15, 0.2) is 0 Å². The fraction of sp³-hybridized carbons (Fsp3) is 0.227. The summed E-state index contributed by atoms with van der Waals surface area (Å²) in [6, 6.07) is 11.1. The Hall–Kier alpha value is -2.83. The average molecular weight is 441 g/mol. The smallest absolute Gasteiger partial charge is 0.227 e. The quantitative estimate of drug-likeness (QED) is 0.423. The van der Waals surface area contributed by atoms with Crippen LogP contribution >= 0.6 is 23.2 Å². The highest BCUT2D eigenvalue weighted by atomic mass is 35.5. The molecule has 1 aliphatic rings. The minimum atomic E-state index is -0.190. The van der Waals surface area contributed by atoms with Crippen LogP contribution in [0.1, 0.15) is 36.2 Å². The molecule has 6 nitrogen and oxygen atoms in total. The maximum Gasteiger partial charge on any atom is 0.227 e. The number of carbonyl (C=O) groups excluding carboxylic acids is 1. The molecule has 0 unspecified atom stereocenters. The molecule has 1 aliphatic heterocycles. The Labute approximate surface area is 182 Å². The molecule has 0 aliphatic carbocycles. The summed E-state index contributed by atoms with van der Waals surface area (Å²) in [4.78, 5) is 22.6. The zero-order chi connectivity index (χ0) is 21.0. The predicted octanol–water partition coefficient (Wildman–Crippen LogP) is 6.01. The van der Waals surface area contributed by atoms with Crippen LogP contribution in [0.25, 0.3) is 22.2 Å². The normalized spacial score (nSPS) is 16.7. The van der Waals surface area contributed by atoms with E-state index < -0.39 is 0 Å². The Morgan fingerprint density at radius 2 is 1.97 bits per heavy atom. The summed E-state index contributed by atoms with van der Waals surface area (Å²) in [5, 5.41) is 4.92. The Morgan fingerprint density at radius 1 is 1.13 bits per heavy atom. The van der Waals surface area contributed by atoms with E-state index in [0.717, 1.165) is 39.4 Å². The van der Waals surface area contributed by atoms with Gasteiger partial charge in [-0.2, -0.15) is 0 Å². The van der Waals surface area contributed by atoms with Crippen LogP contribution in [0.4, 0.5) is 5.69 Å². The van der Waals surface area contributed by atoms with E-state index >= 15 is 0 Å². The third-order valence-corrected chi connectivity index (χ3v) is 6.27. The second-order valence-electron chi connectivity index (χ2n) is 7.47. The second-order valence-corrected chi connectivity index (χ2v) is 8.28. The number of anilines is 1. The molecule has 2 aromatic carbocycles. The SMILES string of the molecule is Cc1noc(C)c1-c1ccc2nc([C@@H]3CCC(=O)N3c3ccc(Cl)c(Cl)c3)[nH]c2c1. The van der Waals surface area contributed by atoms with Crippen LogP contribution in [-0.4, -0.2) is 21.0 Å². The number of carbonyl (C=O) groups is 1. The average Bonchev–Trinajstić information content (AvgIpc) is 3.40. The number of halogens is 2. The van der Waals surface area contributed by atoms with Gasteiger partial charge < -0.3 is 14.4 Å². The van der Waals surface area contributed by atoms with Crippen molar-refractivity contribution in [2.75, 3.05) is 4.90 Å². The van der Waals surface area contributed by atoms with E-state index in [4.69, 9.17) is 32.7 Å². The van der Waals surface area contributed by atoms with Crippen LogP contribution in [-0.2, 0) is 4.79 Å². The molecule has 0 bridgehead atoms. The van der Waals surface area contributed by atoms with Gasteiger partial charge in [-0.25, -0.2) is 4.98 Å². The Kier molecular flexibility index (Phi) is 4.56. The Bertz CT molecular complexity index is 1270. The van der Waals surface area contributed by atoms with E-state index in [-0.39, 0.29) is 11.9 Å². The van der Waals surface area contributed by atoms with Crippen molar-refractivity contribution in [3.8, 4) is 11.1 Å². The molecule has 0 spiro atoms. The number of imidazole rings is 1. The lowest BCUT2D eigenvalue weighted by molar-refractivity contribution is -0.117. The molecule has 1 atom stereocenters. The molecule has 30 heavy (non-hydrogen) atoms. The summed E-state index contributed by atoms with van der Waals surface area (Å²) >= 11 is 12.2. The number of hydrogen-bond acceptors (Lipinski definition) is 4. The summed E-state index contributed by atoms with van der Waals surface area (Å²) < 4.78 is 5.30. The van der Waals surface area contributed by atoms with Crippen molar-refractivity contribution < 1.29 is 9.32 Å². The summed E-state index contributed by atoms with van der Waals surface area (Å²) in [5.74, 6) is 1.56. The van der Waals surface area contributed by atoms with Gasteiger partial charge in [-0.3, -0.25) is 4.79 Å². The fourth-order valence-electron chi connectivity index (χ4n) is 4.14. The molecule has 4 aromatic rings. The van der Waals surface area contributed by atoms with Crippen LogP contribution < -0.4 is 4.90 Å². The molecule has 1 N–H and O–H groups in total. The first-order chi connectivity index (χ1) is 14.4. The van der Waals surface area contributed by atoms with E-state index in [1.165, 1.54) is 0 Å². The first-order valence-corrected chi connectivity index (χ1v) is 10.4. The molecule has 1 saturated heterocycles. The number of fused-ring (bicyclic) bond motifs is 1. The van der Waals surface area contributed by atoms with E-state index in [1.54, 1.807) is 17.0 Å². The zero-order valence-electron chi connectivity index (χ0n) is 16.4. The van der Waals surface area contributed by atoms with E-state index in [2.05, 4.69) is 10.1 Å². The fourth-order valence-corrected chi connectivity index (χ4v) is 4.43. The lowest BCUT2D eigenvalue weighted by Crippen LogP contribution is -2.27. The van der Waals surface area contributed by atoms with Gasteiger partial charge in [-0.15, -0.1) is 0 Å². The maximum atomic E-state index is 12.6. The molecule has 8 heteroatoms. The number of amides is 1. The first-order valence-electron chi connectivity index (χ1n) is 9.62. The van der Waals surface area contributed by atoms with E-state index in [0.29, 0.717) is 28.6 Å². The number of aromatic nitrogens is 3. The number of nitrogens with zero attached hydrogens (tertiary/aromatic N) is 3. The highest BCUT2D eigenvalue weighted by Crippen LogP contribution is 2.39. The topological polar surface area (TPSA) is 75.0 Å². The number of H-pyrrole nitrogens is 1. The van der Waals surface area contributed by atoms with Crippen LogP contribution in [0.3, 0.4) is 0 Å². The summed E-state index contributed by atoms with van der Waals surface area (Å²) in [7, 11) is 0. The number of aryl methyl sites for hydroxylation is 2. The molecular formula is C22H18Cl2N4O2. The van der Waals surface area contributed by atoms with Gasteiger partial charge in [0.1, 0.15) is 11.6 Å². The lowest BCUT2D eigenvalue weighted by atomic mass is 10.0. The summed E-state index contributed by atoms with van der Waals surface area (Å²) in [6.07, 6.45) is 1.13. The first kappa shape index (κ1) is 19.2. The highest BCUT2D eigenvalue weighted by Gasteiger charge is 2.35. The van der Waals surface area contributed by atoms with Crippen molar-refractivity contribution in [3.05, 3.63) is 63.7 Å². The summed E-state index contributed by atoms with van der Waals surface area (Å²) in [6.45, 7) is 3.82. The third kappa shape index (κ3) is 3.07. The van der Waals surface area contributed by atoms with Gasteiger partial charge in [0.2, 0.25) is 5.91 Å². The minimum Gasteiger partial charge on any atom is -0.361 e. The number of hydrogen-bond donors (Lipinski definition) is 1. The Balaban J connectivity index is 1.55. The number of rotatable bonds is 3. The molecule has 3 heterocycles. The molecule has 1 fully saturated rings. The number of aromatic amines is 1. The van der Waals surface area contributed by atoms with Crippen molar-refractivity contribution in [1.82, 2.24) is 15.1 Å². The molecule has 0 radical (unpaired) electrons. The highest BCUT2D eigenvalue weighted by molar-refractivity contribution is 6.42. The second kappa shape index (κ2) is 7.15. The van der Waals surface area contributed by atoms with Gasteiger partial charge in [-0.1, -0.05) is 34.4 Å². The maximum absolute atomic E-state index is 12.6. The van der Waals surface area contributed by atoms with E-state index in [9.17, 15) is 4.79 Å². The van der Waals surface area contributed by atoms with Gasteiger partial charge in [0, 0.05) is 17.7 Å². The molecule has 152 valence electrons. The van der Waals surface area contributed by atoms with Crippen LogP contribution in [0.5, 0.6) is 0 Å². The molecule has 0 saturated carbocycles. The van der Waals surface area contributed by atoms with Crippen molar-refractivity contribution >= 4 is 45.8 Å². The standard InChI is InChI=1S/C22H18Cl2N4O2/c1-11-21(12(2)30-27-11)13-3-6-17-18(9-13)26-22(25-17)19-7-8-20(29)28(19)14-4-5-15(23)16(24)10-14/h3-6,9-10,19H,7-8H2,1-2H3,(H,25,26)/t19-/m0/s1. The van der Waals surface area contributed by atoms with Gasteiger partial charge in [-0.05, 0) is 56.2 Å². The van der Waals surface area contributed by atoms with E-state index in [1.807, 2.05) is 38.1 Å². The Morgan fingerprint density at radius 3 is 2.70 bits per heavy atom. The zero-order valence-corrected chi connectivity index (χ0v) is 17.9. The molecule has 2 aromatic heterocycles. The van der Waals surface area contributed by atoms with Crippen molar-refractivity contribution in [2.24, 2.45) is 0 Å². The lowest BCUT2D eigenvalue weighted by Gasteiger charge is -2.23. The molecule has 1 amide bonds. The largest absolute Gasteiger partial charge is 0.361 e.